The number of aromatic nitrogens is 3. The van der Waals surface area contributed by atoms with Crippen molar-refractivity contribution in [3.8, 4) is 0 Å². The predicted octanol–water partition coefficient (Wildman–Crippen LogP) is 1.87. The summed E-state index contributed by atoms with van der Waals surface area (Å²) in [5, 5.41) is 7.60. The second-order valence-electron chi connectivity index (χ2n) is 4.72. The van der Waals surface area contributed by atoms with Crippen molar-refractivity contribution in [2.24, 2.45) is 0 Å². The molecule has 2 rings (SSSR count). The molecule has 0 spiro atoms. The van der Waals surface area contributed by atoms with Gasteiger partial charge in [0.2, 0.25) is 0 Å². The number of hydrogen-bond donors (Lipinski definition) is 1. The highest BCUT2D eigenvalue weighted by atomic mass is 15.3. The standard InChI is InChI=1S/C14H20N4/c1-12(2)16-8-7-13-5-3-4-6-14(13)9-18-11-15-10-17-18/h3-6,10-12,16H,7-9H2,1-2H3. The van der Waals surface area contributed by atoms with E-state index in [4.69, 9.17) is 0 Å². The first kappa shape index (κ1) is 12.8. The van der Waals surface area contributed by atoms with Crippen molar-refractivity contribution in [3.05, 3.63) is 48.0 Å². The van der Waals surface area contributed by atoms with Crippen molar-refractivity contribution in [2.45, 2.75) is 32.9 Å². The van der Waals surface area contributed by atoms with Crippen LogP contribution >= 0.6 is 0 Å². The van der Waals surface area contributed by atoms with E-state index in [2.05, 4.69) is 53.5 Å². The monoisotopic (exact) mass is 244 g/mol. The third kappa shape index (κ3) is 3.67. The summed E-state index contributed by atoms with van der Waals surface area (Å²) in [6.45, 7) is 6.13. The minimum Gasteiger partial charge on any atom is -0.314 e. The van der Waals surface area contributed by atoms with Gasteiger partial charge in [-0.1, -0.05) is 38.1 Å². The maximum atomic E-state index is 4.15. The lowest BCUT2D eigenvalue weighted by molar-refractivity contribution is 0.587. The zero-order valence-electron chi connectivity index (χ0n) is 11.0. The van der Waals surface area contributed by atoms with E-state index in [1.165, 1.54) is 11.1 Å². The molecule has 4 nitrogen and oxygen atoms in total. The van der Waals surface area contributed by atoms with Gasteiger partial charge in [-0.3, -0.25) is 0 Å². The summed E-state index contributed by atoms with van der Waals surface area (Å²) in [5.41, 5.74) is 2.69. The van der Waals surface area contributed by atoms with Crippen molar-refractivity contribution in [1.82, 2.24) is 20.1 Å². The SMILES string of the molecule is CC(C)NCCc1ccccc1Cn1cncn1. The molecule has 1 aromatic heterocycles. The lowest BCUT2D eigenvalue weighted by Gasteiger charge is -2.11. The summed E-state index contributed by atoms with van der Waals surface area (Å²) < 4.78 is 1.86. The average Bonchev–Trinajstić information content (AvgIpc) is 2.84. The second-order valence-corrected chi connectivity index (χ2v) is 4.72. The fraction of sp³-hybridized carbons (Fsp3) is 0.429. The lowest BCUT2D eigenvalue weighted by atomic mass is 10.0. The third-order valence-electron chi connectivity index (χ3n) is 2.86. The van der Waals surface area contributed by atoms with E-state index in [1.807, 2.05) is 4.68 Å². The molecular weight excluding hydrogens is 224 g/mol. The van der Waals surface area contributed by atoms with E-state index in [9.17, 15) is 0 Å². The Morgan fingerprint density at radius 1 is 1.22 bits per heavy atom. The summed E-state index contributed by atoms with van der Waals surface area (Å²) >= 11 is 0. The molecule has 2 aromatic rings. The predicted molar refractivity (Wildman–Crippen MR) is 72.4 cm³/mol. The highest BCUT2D eigenvalue weighted by Crippen LogP contribution is 2.10. The van der Waals surface area contributed by atoms with Gasteiger partial charge in [-0.15, -0.1) is 0 Å². The molecule has 0 bridgehead atoms. The van der Waals surface area contributed by atoms with Gasteiger partial charge in [-0.25, -0.2) is 9.67 Å². The van der Waals surface area contributed by atoms with Crippen LogP contribution in [-0.4, -0.2) is 27.4 Å². The molecule has 1 aromatic carbocycles. The van der Waals surface area contributed by atoms with Crippen LogP contribution < -0.4 is 5.32 Å². The molecule has 0 radical (unpaired) electrons. The summed E-state index contributed by atoms with van der Waals surface area (Å²) in [6.07, 6.45) is 4.37. The molecule has 0 aliphatic carbocycles. The zero-order valence-corrected chi connectivity index (χ0v) is 11.0. The van der Waals surface area contributed by atoms with E-state index in [0.29, 0.717) is 6.04 Å². The molecular formula is C14H20N4. The van der Waals surface area contributed by atoms with Gasteiger partial charge >= 0.3 is 0 Å². The molecule has 1 heterocycles. The molecule has 0 saturated heterocycles. The Balaban J connectivity index is 2.01. The van der Waals surface area contributed by atoms with E-state index >= 15 is 0 Å². The van der Waals surface area contributed by atoms with Crippen LogP contribution in [0.1, 0.15) is 25.0 Å². The van der Waals surface area contributed by atoms with Crippen LogP contribution in [-0.2, 0) is 13.0 Å². The maximum Gasteiger partial charge on any atom is 0.137 e. The van der Waals surface area contributed by atoms with Crippen LogP contribution in [0, 0.1) is 0 Å². The number of nitrogens with zero attached hydrogens (tertiary/aromatic N) is 3. The van der Waals surface area contributed by atoms with Gasteiger partial charge in [-0.05, 0) is 24.1 Å². The average molecular weight is 244 g/mol. The molecule has 0 fully saturated rings. The fourth-order valence-electron chi connectivity index (χ4n) is 1.94. The van der Waals surface area contributed by atoms with Gasteiger partial charge in [0.15, 0.2) is 0 Å². The normalized spacial score (nSPS) is 11.1. The number of hydrogen-bond acceptors (Lipinski definition) is 3. The first-order valence-corrected chi connectivity index (χ1v) is 6.38. The topological polar surface area (TPSA) is 42.7 Å². The van der Waals surface area contributed by atoms with Crippen LogP contribution in [0.25, 0.3) is 0 Å². The van der Waals surface area contributed by atoms with Gasteiger partial charge in [0, 0.05) is 6.04 Å². The minimum absolute atomic E-state index is 0.535. The molecule has 0 aliphatic heterocycles. The number of nitrogens with one attached hydrogen (secondary N) is 1. The number of rotatable bonds is 6. The molecule has 0 amide bonds. The Bertz CT molecular complexity index is 462. The maximum absolute atomic E-state index is 4.15. The van der Waals surface area contributed by atoms with Gasteiger partial charge in [0.05, 0.1) is 6.54 Å². The first-order valence-electron chi connectivity index (χ1n) is 6.38. The molecule has 4 heteroatoms. The summed E-state index contributed by atoms with van der Waals surface area (Å²) in [5.74, 6) is 0. The van der Waals surface area contributed by atoms with Gasteiger partial charge < -0.3 is 5.32 Å². The molecule has 0 unspecified atom stereocenters. The smallest absolute Gasteiger partial charge is 0.137 e. The van der Waals surface area contributed by atoms with E-state index in [0.717, 1.165) is 19.5 Å². The Hall–Kier alpha value is -1.68. The summed E-state index contributed by atoms with van der Waals surface area (Å²) in [7, 11) is 0. The summed E-state index contributed by atoms with van der Waals surface area (Å²) in [4.78, 5) is 3.97. The van der Waals surface area contributed by atoms with Crippen LogP contribution in [0.5, 0.6) is 0 Å². The highest BCUT2D eigenvalue weighted by molar-refractivity contribution is 5.27. The van der Waals surface area contributed by atoms with E-state index in [-0.39, 0.29) is 0 Å². The minimum atomic E-state index is 0.535. The van der Waals surface area contributed by atoms with Crippen LogP contribution in [0.4, 0.5) is 0 Å². The lowest BCUT2D eigenvalue weighted by Crippen LogP contribution is -2.25. The largest absolute Gasteiger partial charge is 0.314 e. The molecule has 18 heavy (non-hydrogen) atoms. The van der Waals surface area contributed by atoms with E-state index < -0.39 is 0 Å². The first-order chi connectivity index (χ1) is 8.75. The van der Waals surface area contributed by atoms with E-state index in [1.54, 1.807) is 12.7 Å². The summed E-state index contributed by atoms with van der Waals surface area (Å²) in [6, 6.07) is 9.05. The Labute approximate surface area is 108 Å². The van der Waals surface area contributed by atoms with Gasteiger partial charge in [0.25, 0.3) is 0 Å². The number of benzene rings is 1. The van der Waals surface area contributed by atoms with Crippen molar-refractivity contribution >= 4 is 0 Å². The van der Waals surface area contributed by atoms with Crippen LogP contribution in [0.2, 0.25) is 0 Å². The van der Waals surface area contributed by atoms with Crippen LogP contribution in [0.15, 0.2) is 36.9 Å². The highest BCUT2D eigenvalue weighted by Gasteiger charge is 2.03. The van der Waals surface area contributed by atoms with Crippen molar-refractivity contribution in [3.63, 3.8) is 0 Å². The Morgan fingerprint density at radius 3 is 2.67 bits per heavy atom. The molecule has 0 atom stereocenters. The Kier molecular flexibility index (Phi) is 4.47. The van der Waals surface area contributed by atoms with Crippen molar-refractivity contribution in [1.29, 1.82) is 0 Å². The second kappa shape index (κ2) is 6.31. The fourth-order valence-corrected chi connectivity index (χ4v) is 1.94. The van der Waals surface area contributed by atoms with Gasteiger partial charge in [0.1, 0.15) is 12.7 Å². The molecule has 96 valence electrons. The molecule has 1 N–H and O–H groups in total. The van der Waals surface area contributed by atoms with Crippen molar-refractivity contribution in [2.75, 3.05) is 6.54 Å². The quantitative estimate of drug-likeness (QED) is 0.843. The molecule has 0 aliphatic rings. The van der Waals surface area contributed by atoms with Gasteiger partial charge in [-0.2, -0.15) is 5.10 Å². The third-order valence-corrected chi connectivity index (χ3v) is 2.86. The molecule has 0 saturated carbocycles. The van der Waals surface area contributed by atoms with Crippen LogP contribution in [0.3, 0.4) is 0 Å². The van der Waals surface area contributed by atoms with Crippen molar-refractivity contribution < 1.29 is 0 Å². The Morgan fingerprint density at radius 2 is 2.00 bits per heavy atom. The zero-order chi connectivity index (χ0) is 12.8.